The lowest BCUT2D eigenvalue weighted by Gasteiger charge is -2.30. The predicted molar refractivity (Wildman–Crippen MR) is 77.8 cm³/mol. The average molecular weight is 260 g/mol. The van der Waals surface area contributed by atoms with E-state index in [1.54, 1.807) is 0 Å². The molecule has 1 amide bonds. The number of carbonyl (C=O) groups excluding carboxylic acids is 1. The number of hydrogen-bond donors (Lipinski definition) is 1. The van der Waals surface area contributed by atoms with Crippen LogP contribution in [-0.2, 0) is 11.2 Å². The highest BCUT2D eigenvalue weighted by Gasteiger charge is 2.35. The molecule has 0 unspecified atom stereocenters. The van der Waals surface area contributed by atoms with Crippen LogP contribution in [0.1, 0.15) is 30.9 Å². The van der Waals surface area contributed by atoms with E-state index in [0.717, 1.165) is 18.9 Å². The van der Waals surface area contributed by atoms with Crippen molar-refractivity contribution in [2.45, 2.75) is 39.2 Å². The molecule has 104 valence electrons. The van der Waals surface area contributed by atoms with Crippen molar-refractivity contribution in [2.24, 2.45) is 11.7 Å². The van der Waals surface area contributed by atoms with E-state index in [9.17, 15) is 4.79 Å². The standard InChI is InChI=1S/C16H24N2O/c1-3-18(11-16(17)19)15(14-8-9-14)10-13-6-4-12(2)5-7-13/h4-7,14-15H,3,8-11H2,1-2H3,(H2,17,19)/t15-/m1/s1. The largest absolute Gasteiger partial charge is 0.369 e. The van der Waals surface area contributed by atoms with Gasteiger partial charge in [0.2, 0.25) is 5.91 Å². The van der Waals surface area contributed by atoms with Gasteiger partial charge in [0.1, 0.15) is 0 Å². The van der Waals surface area contributed by atoms with Gasteiger partial charge in [-0.05, 0) is 44.2 Å². The summed E-state index contributed by atoms with van der Waals surface area (Å²) in [5.41, 5.74) is 8.00. The number of benzene rings is 1. The van der Waals surface area contributed by atoms with Gasteiger partial charge >= 0.3 is 0 Å². The fourth-order valence-corrected chi connectivity index (χ4v) is 2.70. The molecule has 0 aromatic heterocycles. The number of nitrogens with two attached hydrogens (primary N) is 1. The van der Waals surface area contributed by atoms with Crippen LogP contribution in [0.25, 0.3) is 0 Å². The zero-order valence-corrected chi connectivity index (χ0v) is 11.9. The number of rotatable bonds is 7. The summed E-state index contributed by atoms with van der Waals surface area (Å²) in [6, 6.07) is 9.17. The van der Waals surface area contributed by atoms with Crippen molar-refractivity contribution in [3.05, 3.63) is 35.4 Å². The molecule has 1 aliphatic carbocycles. The second kappa shape index (κ2) is 6.20. The molecule has 1 atom stereocenters. The summed E-state index contributed by atoms with van der Waals surface area (Å²) in [5, 5.41) is 0. The Labute approximate surface area is 115 Å². The van der Waals surface area contributed by atoms with Crippen LogP contribution < -0.4 is 5.73 Å². The minimum absolute atomic E-state index is 0.226. The van der Waals surface area contributed by atoms with Crippen LogP contribution in [0.15, 0.2) is 24.3 Å². The molecule has 0 radical (unpaired) electrons. The number of carbonyl (C=O) groups is 1. The average Bonchev–Trinajstić information content (AvgIpc) is 3.19. The maximum absolute atomic E-state index is 11.2. The van der Waals surface area contributed by atoms with E-state index >= 15 is 0 Å². The fraction of sp³-hybridized carbons (Fsp3) is 0.562. The summed E-state index contributed by atoms with van der Waals surface area (Å²) in [5.74, 6) is 0.511. The van der Waals surface area contributed by atoms with Gasteiger partial charge in [0.05, 0.1) is 6.54 Å². The zero-order valence-electron chi connectivity index (χ0n) is 11.9. The highest BCUT2D eigenvalue weighted by molar-refractivity contribution is 5.76. The number of nitrogens with zero attached hydrogens (tertiary/aromatic N) is 1. The van der Waals surface area contributed by atoms with Gasteiger partial charge < -0.3 is 5.73 Å². The lowest BCUT2D eigenvalue weighted by molar-refractivity contribution is -0.119. The van der Waals surface area contributed by atoms with Gasteiger partial charge in [-0.1, -0.05) is 36.8 Å². The van der Waals surface area contributed by atoms with E-state index in [0.29, 0.717) is 12.6 Å². The molecule has 0 heterocycles. The molecule has 0 aliphatic heterocycles. The van der Waals surface area contributed by atoms with Crippen molar-refractivity contribution in [1.29, 1.82) is 0 Å². The molecule has 1 saturated carbocycles. The Bertz CT molecular complexity index is 423. The minimum atomic E-state index is -0.226. The molecule has 19 heavy (non-hydrogen) atoms. The number of aryl methyl sites for hydroxylation is 1. The highest BCUT2D eigenvalue weighted by Crippen LogP contribution is 2.36. The number of hydrogen-bond acceptors (Lipinski definition) is 2. The lowest BCUT2D eigenvalue weighted by Crippen LogP contribution is -2.43. The van der Waals surface area contributed by atoms with Crippen molar-refractivity contribution >= 4 is 5.91 Å². The number of primary amides is 1. The molecule has 1 aliphatic rings. The van der Waals surface area contributed by atoms with Crippen LogP contribution in [0.5, 0.6) is 0 Å². The molecular weight excluding hydrogens is 236 g/mol. The first kappa shape index (κ1) is 14.1. The molecule has 3 heteroatoms. The topological polar surface area (TPSA) is 46.3 Å². The minimum Gasteiger partial charge on any atom is -0.369 e. The van der Waals surface area contributed by atoms with Gasteiger partial charge in [-0.25, -0.2) is 0 Å². The third-order valence-corrected chi connectivity index (χ3v) is 3.97. The third-order valence-electron chi connectivity index (χ3n) is 3.97. The van der Waals surface area contributed by atoms with Crippen molar-refractivity contribution in [3.8, 4) is 0 Å². The Hall–Kier alpha value is -1.35. The van der Waals surface area contributed by atoms with Crippen LogP contribution in [0.3, 0.4) is 0 Å². The Balaban J connectivity index is 2.06. The summed E-state index contributed by atoms with van der Waals surface area (Å²) in [7, 11) is 0. The second-order valence-electron chi connectivity index (χ2n) is 5.62. The Morgan fingerprint density at radius 2 is 2.00 bits per heavy atom. The summed E-state index contributed by atoms with van der Waals surface area (Å²) >= 11 is 0. The van der Waals surface area contributed by atoms with Gasteiger partial charge in [-0.3, -0.25) is 9.69 Å². The van der Waals surface area contributed by atoms with Gasteiger partial charge in [-0.15, -0.1) is 0 Å². The molecule has 3 nitrogen and oxygen atoms in total. The molecule has 1 fully saturated rings. The first-order valence-electron chi connectivity index (χ1n) is 7.18. The summed E-state index contributed by atoms with van der Waals surface area (Å²) in [6.45, 7) is 5.47. The summed E-state index contributed by atoms with van der Waals surface area (Å²) < 4.78 is 0. The molecular formula is C16H24N2O. The Kier molecular flexibility index (Phi) is 4.59. The number of likely N-dealkylation sites (N-methyl/N-ethyl adjacent to an activating group) is 1. The maximum atomic E-state index is 11.2. The Morgan fingerprint density at radius 3 is 2.47 bits per heavy atom. The SMILES string of the molecule is CCN(CC(N)=O)[C@H](Cc1ccc(C)cc1)C1CC1. The smallest absolute Gasteiger partial charge is 0.231 e. The van der Waals surface area contributed by atoms with Gasteiger partial charge in [0, 0.05) is 6.04 Å². The van der Waals surface area contributed by atoms with E-state index in [1.165, 1.54) is 24.0 Å². The van der Waals surface area contributed by atoms with Crippen molar-refractivity contribution < 1.29 is 4.79 Å². The van der Waals surface area contributed by atoms with Crippen molar-refractivity contribution in [3.63, 3.8) is 0 Å². The quantitative estimate of drug-likeness (QED) is 0.816. The Morgan fingerprint density at radius 1 is 1.37 bits per heavy atom. The molecule has 1 aromatic carbocycles. The molecule has 1 aromatic rings. The fourth-order valence-electron chi connectivity index (χ4n) is 2.70. The monoisotopic (exact) mass is 260 g/mol. The first-order valence-corrected chi connectivity index (χ1v) is 7.18. The maximum Gasteiger partial charge on any atom is 0.231 e. The van der Waals surface area contributed by atoms with Crippen LogP contribution in [0, 0.1) is 12.8 Å². The molecule has 2 N–H and O–H groups in total. The van der Waals surface area contributed by atoms with Crippen LogP contribution in [-0.4, -0.2) is 29.9 Å². The molecule has 0 saturated heterocycles. The second-order valence-corrected chi connectivity index (χ2v) is 5.62. The van der Waals surface area contributed by atoms with E-state index in [4.69, 9.17) is 5.73 Å². The summed E-state index contributed by atoms with van der Waals surface area (Å²) in [6.07, 6.45) is 3.59. The number of amides is 1. The normalized spacial score (nSPS) is 16.6. The van der Waals surface area contributed by atoms with E-state index in [2.05, 4.69) is 43.0 Å². The lowest BCUT2D eigenvalue weighted by atomic mass is 9.99. The predicted octanol–water partition coefficient (Wildman–Crippen LogP) is 2.12. The van der Waals surface area contributed by atoms with Crippen LogP contribution in [0.4, 0.5) is 0 Å². The van der Waals surface area contributed by atoms with Crippen molar-refractivity contribution in [1.82, 2.24) is 4.90 Å². The van der Waals surface area contributed by atoms with E-state index in [1.807, 2.05) is 0 Å². The molecule has 0 bridgehead atoms. The van der Waals surface area contributed by atoms with Crippen LogP contribution in [0.2, 0.25) is 0 Å². The summed E-state index contributed by atoms with van der Waals surface area (Å²) in [4.78, 5) is 13.4. The molecule has 0 spiro atoms. The highest BCUT2D eigenvalue weighted by atomic mass is 16.1. The van der Waals surface area contributed by atoms with E-state index in [-0.39, 0.29) is 5.91 Å². The van der Waals surface area contributed by atoms with Gasteiger partial charge in [-0.2, -0.15) is 0 Å². The zero-order chi connectivity index (χ0) is 13.8. The van der Waals surface area contributed by atoms with E-state index < -0.39 is 0 Å². The first-order chi connectivity index (χ1) is 9.10. The van der Waals surface area contributed by atoms with Crippen molar-refractivity contribution in [2.75, 3.05) is 13.1 Å². The third kappa shape index (κ3) is 4.06. The molecule has 2 rings (SSSR count). The van der Waals surface area contributed by atoms with Gasteiger partial charge in [0.15, 0.2) is 0 Å². The van der Waals surface area contributed by atoms with Crippen LogP contribution >= 0.6 is 0 Å². The van der Waals surface area contributed by atoms with Gasteiger partial charge in [0.25, 0.3) is 0 Å².